The first-order chi connectivity index (χ1) is 10.1. The van der Waals surface area contributed by atoms with Crippen molar-refractivity contribution < 1.29 is 4.79 Å². The van der Waals surface area contributed by atoms with Gasteiger partial charge in [0.1, 0.15) is 5.56 Å². The molecule has 0 saturated carbocycles. The van der Waals surface area contributed by atoms with Gasteiger partial charge in [-0.3, -0.25) is 9.59 Å². The first kappa shape index (κ1) is 14.3. The van der Waals surface area contributed by atoms with E-state index in [0.717, 1.165) is 56.5 Å². The summed E-state index contributed by atoms with van der Waals surface area (Å²) < 4.78 is 0. The fraction of sp³-hybridized carbons (Fsp3) is 0.625. The van der Waals surface area contributed by atoms with Crippen LogP contribution in [0.15, 0.2) is 10.9 Å². The predicted molar refractivity (Wildman–Crippen MR) is 81.6 cm³/mol. The Morgan fingerprint density at radius 2 is 2.14 bits per heavy atom. The number of hydrogen-bond donors (Lipinski definition) is 3. The van der Waals surface area contributed by atoms with E-state index in [1.54, 1.807) is 6.07 Å². The van der Waals surface area contributed by atoms with Gasteiger partial charge in [-0.05, 0) is 56.2 Å². The maximum Gasteiger partial charge on any atom is 0.261 e. The van der Waals surface area contributed by atoms with Crippen molar-refractivity contribution in [3.05, 3.63) is 33.2 Å². The molecule has 1 aliphatic heterocycles. The van der Waals surface area contributed by atoms with Crippen molar-refractivity contribution in [1.82, 2.24) is 15.6 Å². The van der Waals surface area contributed by atoms with E-state index in [1.807, 2.05) is 0 Å². The van der Waals surface area contributed by atoms with Gasteiger partial charge in [-0.2, -0.15) is 0 Å². The molecular weight excluding hydrogens is 266 g/mol. The van der Waals surface area contributed by atoms with Crippen molar-refractivity contribution in [3.63, 3.8) is 0 Å². The van der Waals surface area contributed by atoms with E-state index in [4.69, 9.17) is 0 Å². The van der Waals surface area contributed by atoms with Crippen LogP contribution in [0.4, 0.5) is 0 Å². The first-order valence-corrected chi connectivity index (χ1v) is 7.92. The van der Waals surface area contributed by atoms with Crippen LogP contribution >= 0.6 is 0 Å². The van der Waals surface area contributed by atoms with Crippen LogP contribution in [-0.2, 0) is 12.8 Å². The molecule has 21 heavy (non-hydrogen) atoms. The number of fused-ring (bicyclic) bond motifs is 1. The number of rotatable bonds is 2. The molecule has 1 fully saturated rings. The first-order valence-electron chi connectivity index (χ1n) is 7.92. The lowest BCUT2D eigenvalue weighted by atomic mass is 9.93. The fourth-order valence-electron chi connectivity index (χ4n) is 3.27. The Bertz CT molecular complexity index is 594. The molecule has 114 valence electrons. The summed E-state index contributed by atoms with van der Waals surface area (Å²) in [6, 6.07) is 1.89. The Morgan fingerprint density at radius 3 is 2.95 bits per heavy atom. The van der Waals surface area contributed by atoms with Crippen molar-refractivity contribution in [2.24, 2.45) is 5.92 Å². The zero-order valence-corrected chi connectivity index (χ0v) is 12.5. The maximum atomic E-state index is 12.4. The molecule has 0 radical (unpaired) electrons. The summed E-state index contributed by atoms with van der Waals surface area (Å²) >= 11 is 0. The van der Waals surface area contributed by atoms with E-state index in [-0.39, 0.29) is 23.1 Å². The molecule has 1 saturated heterocycles. The van der Waals surface area contributed by atoms with Gasteiger partial charge in [-0.15, -0.1) is 0 Å². The standard InChI is InChI=1S/C16H23N3O2/c1-10-6-7-17-9-14(10)19-16(21)12-8-11-4-2-3-5-13(11)18-15(12)20/h8,10,14,17H,2-7,9H2,1H3,(H,18,20)(H,19,21). The summed E-state index contributed by atoms with van der Waals surface area (Å²) in [6.45, 7) is 3.91. The van der Waals surface area contributed by atoms with Gasteiger partial charge < -0.3 is 15.6 Å². The van der Waals surface area contributed by atoms with Gasteiger partial charge in [0.2, 0.25) is 0 Å². The Labute approximate surface area is 124 Å². The van der Waals surface area contributed by atoms with Crippen molar-refractivity contribution in [3.8, 4) is 0 Å². The lowest BCUT2D eigenvalue weighted by molar-refractivity contribution is 0.0913. The van der Waals surface area contributed by atoms with Gasteiger partial charge in [0.15, 0.2) is 0 Å². The molecule has 5 nitrogen and oxygen atoms in total. The average Bonchev–Trinajstić information content (AvgIpc) is 2.49. The van der Waals surface area contributed by atoms with Crippen LogP contribution < -0.4 is 16.2 Å². The number of aromatic amines is 1. The highest BCUT2D eigenvalue weighted by Crippen LogP contribution is 2.19. The van der Waals surface area contributed by atoms with Crippen LogP contribution in [0.2, 0.25) is 0 Å². The Hall–Kier alpha value is -1.62. The maximum absolute atomic E-state index is 12.4. The van der Waals surface area contributed by atoms with Gasteiger partial charge >= 0.3 is 0 Å². The average molecular weight is 289 g/mol. The van der Waals surface area contributed by atoms with Crippen molar-refractivity contribution in [1.29, 1.82) is 0 Å². The van der Waals surface area contributed by atoms with Crippen LogP contribution in [0.25, 0.3) is 0 Å². The number of hydrogen-bond acceptors (Lipinski definition) is 3. The largest absolute Gasteiger partial charge is 0.348 e. The summed E-state index contributed by atoms with van der Waals surface area (Å²) in [7, 11) is 0. The lowest BCUT2D eigenvalue weighted by Gasteiger charge is -2.30. The number of piperidine rings is 1. The number of nitrogens with one attached hydrogen (secondary N) is 3. The number of carbonyl (C=O) groups is 1. The molecule has 3 N–H and O–H groups in total. The highest BCUT2D eigenvalue weighted by molar-refractivity contribution is 5.94. The van der Waals surface area contributed by atoms with E-state index in [0.29, 0.717) is 5.92 Å². The van der Waals surface area contributed by atoms with Crippen LogP contribution in [0.1, 0.15) is 47.8 Å². The number of H-pyrrole nitrogens is 1. The van der Waals surface area contributed by atoms with Gasteiger partial charge in [-0.1, -0.05) is 6.92 Å². The molecule has 0 bridgehead atoms. The van der Waals surface area contributed by atoms with Crippen LogP contribution in [0.5, 0.6) is 0 Å². The zero-order valence-electron chi connectivity index (χ0n) is 12.5. The lowest BCUT2D eigenvalue weighted by Crippen LogP contribution is -2.50. The van der Waals surface area contributed by atoms with E-state index in [9.17, 15) is 9.59 Å². The minimum Gasteiger partial charge on any atom is -0.348 e. The monoisotopic (exact) mass is 289 g/mol. The molecule has 1 aromatic rings. The topological polar surface area (TPSA) is 74.0 Å². The molecule has 5 heteroatoms. The number of pyridine rings is 1. The molecule has 3 rings (SSSR count). The SMILES string of the molecule is CC1CCNCC1NC(=O)c1cc2c([nH]c1=O)CCCC2. The zero-order chi connectivity index (χ0) is 14.8. The number of aryl methyl sites for hydroxylation is 2. The third-order valence-corrected chi connectivity index (χ3v) is 4.73. The van der Waals surface area contributed by atoms with Crippen molar-refractivity contribution >= 4 is 5.91 Å². The molecule has 2 unspecified atom stereocenters. The molecule has 1 amide bonds. The molecule has 0 aromatic carbocycles. The predicted octanol–water partition coefficient (Wildman–Crippen LogP) is 0.981. The molecule has 2 heterocycles. The molecule has 2 atom stereocenters. The highest BCUT2D eigenvalue weighted by atomic mass is 16.2. The number of aromatic nitrogens is 1. The van der Waals surface area contributed by atoms with E-state index in [2.05, 4.69) is 22.5 Å². The molecular formula is C16H23N3O2. The smallest absolute Gasteiger partial charge is 0.261 e. The normalized spacial score (nSPS) is 25.2. The highest BCUT2D eigenvalue weighted by Gasteiger charge is 2.24. The molecule has 1 aliphatic carbocycles. The summed E-state index contributed by atoms with van der Waals surface area (Å²) in [4.78, 5) is 27.4. The summed E-state index contributed by atoms with van der Waals surface area (Å²) in [5.74, 6) is 0.192. The third-order valence-electron chi connectivity index (χ3n) is 4.73. The molecule has 1 aromatic heterocycles. The van der Waals surface area contributed by atoms with E-state index < -0.39 is 0 Å². The van der Waals surface area contributed by atoms with Crippen molar-refractivity contribution in [2.75, 3.05) is 13.1 Å². The van der Waals surface area contributed by atoms with Crippen LogP contribution in [0, 0.1) is 5.92 Å². The Balaban J connectivity index is 1.79. The second-order valence-electron chi connectivity index (χ2n) is 6.27. The Kier molecular flexibility index (Phi) is 4.10. The van der Waals surface area contributed by atoms with Gasteiger partial charge in [0.05, 0.1) is 0 Å². The van der Waals surface area contributed by atoms with Crippen LogP contribution in [-0.4, -0.2) is 30.0 Å². The number of carbonyl (C=O) groups excluding carboxylic acids is 1. The van der Waals surface area contributed by atoms with Crippen molar-refractivity contribution in [2.45, 2.75) is 45.1 Å². The minimum atomic E-state index is -0.260. The third kappa shape index (κ3) is 3.02. The van der Waals surface area contributed by atoms with E-state index in [1.165, 1.54) is 0 Å². The minimum absolute atomic E-state index is 0.0988. The second kappa shape index (κ2) is 6.02. The van der Waals surface area contributed by atoms with Gasteiger partial charge in [0.25, 0.3) is 11.5 Å². The number of amides is 1. The molecule has 0 spiro atoms. The summed E-state index contributed by atoms with van der Waals surface area (Å²) in [6.07, 6.45) is 5.15. The summed E-state index contributed by atoms with van der Waals surface area (Å²) in [5.41, 5.74) is 2.13. The molecule has 2 aliphatic rings. The quantitative estimate of drug-likeness (QED) is 0.760. The van der Waals surface area contributed by atoms with E-state index >= 15 is 0 Å². The fourth-order valence-corrected chi connectivity index (χ4v) is 3.27. The second-order valence-corrected chi connectivity index (χ2v) is 6.27. The Morgan fingerprint density at radius 1 is 1.33 bits per heavy atom. The van der Waals surface area contributed by atoms with Gasteiger partial charge in [-0.25, -0.2) is 0 Å². The summed E-state index contributed by atoms with van der Waals surface area (Å²) in [5, 5.41) is 6.30. The van der Waals surface area contributed by atoms with Crippen LogP contribution in [0.3, 0.4) is 0 Å². The van der Waals surface area contributed by atoms with Gasteiger partial charge in [0, 0.05) is 18.3 Å².